The summed E-state index contributed by atoms with van der Waals surface area (Å²) in [4.78, 5) is 12.3. The molecule has 0 saturated heterocycles. The zero-order chi connectivity index (χ0) is 22.8. The summed E-state index contributed by atoms with van der Waals surface area (Å²) in [5.74, 6) is 0.0683. The molecule has 0 bridgehead atoms. The quantitative estimate of drug-likeness (QED) is 0.312. The van der Waals surface area contributed by atoms with Gasteiger partial charge in [0, 0.05) is 6.61 Å². The molecule has 172 valence electrons. The smallest absolute Gasteiger partial charge is 0.310 e. The number of phenols is 1. The molecule has 0 aliphatic rings. The largest absolute Gasteiger partial charge is 0.507 e. The maximum atomic E-state index is 12.3. The Bertz CT molecular complexity index is 615. The second kappa shape index (κ2) is 12.3. The highest BCUT2D eigenvalue weighted by molar-refractivity contribution is 5.73. The maximum absolute atomic E-state index is 12.3. The monoisotopic (exact) mass is 420 g/mol. The van der Waals surface area contributed by atoms with Crippen molar-refractivity contribution in [1.82, 2.24) is 0 Å². The Labute approximate surface area is 184 Å². The van der Waals surface area contributed by atoms with E-state index in [4.69, 9.17) is 9.47 Å². The van der Waals surface area contributed by atoms with E-state index in [1.807, 2.05) is 12.1 Å². The minimum absolute atomic E-state index is 0.198. The molecule has 1 aromatic carbocycles. The van der Waals surface area contributed by atoms with Gasteiger partial charge in [0.05, 0.1) is 13.0 Å². The van der Waals surface area contributed by atoms with Crippen LogP contribution in [0, 0.1) is 0 Å². The average molecular weight is 421 g/mol. The Morgan fingerprint density at radius 3 is 1.90 bits per heavy atom. The van der Waals surface area contributed by atoms with Gasteiger partial charge in [0.15, 0.2) is 0 Å². The molecule has 0 saturated carbocycles. The lowest BCUT2D eigenvalue weighted by Crippen LogP contribution is -2.19. The van der Waals surface area contributed by atoms with E-state index in [-0.39, 0.29) is 29.8 Å². The second-order valence-corrected chi connectivity index (χ2v) is 10.3. The van der Waals surface area contributed by atoms with Crippen LogP contribution in [0.1, 0.15) is 104 Å². The van der Waals surface area contributed by atoms with E-state index >= 15 is 0 Å². The average Bonchev–Trinajstić information content (AvgIpc) is 2.62. The summed E-state index contributed by atoms with van der Waals surface area (Å²) in [6, 6.07) is 3.86. The summed E-state index contributed by atoms with van der Waals surface area (Å²) in [6.45, 7) is 16.1. The standard InChI is InChI=1S/C26H44O4/c1-8-9-10-11-12-13-14-29-15-16-30-23(27)19-20-17-21(25(2,3)4)24(28)22(18-20)26(5,6)7/h17-18,28H,8-16,19H2,1-7H3. The van der Waals surface area contributed by atoms with Gasteiger partial charge in [0.2, 0.25) is 0 Å². The van der Waals surface area contributed by atoms with Crippen LogP contribution >= 0.6 is 0 Å². The predicted molar refractivity (Wildman–Crippen MR) is 124 cm³/mol. The molecular formula is C26H44O4. The van der Waals surface area contributed by atoms with Crippen LogP contribution in [0.25, 0.3) is 0 Å². The van der Waals surface area contributed by atoms with Crippen molar-refractivity contribution in [3.63, 3.8) is 0 Å². The number of phenolic OH excluding ortho intramolecular Hbond substituents is 1. The number of aromatic hydroxyl groups is 1. The lowest BCUT2D eigenvalue weighted by Gasteiger charge is -2.28. The normalized spacial score (nSPS) is 12.2. The Morgan fingerprint density at radius 2 is 1.37 bits per heavy atom. The highest BCUT2D eigenvalue weighted by atomic mass is 16.6. The highest BCUT2D eigenvalue weighted by Crippen LogP contribution is 2.39. The third-order valence-electron chi connectivity index (χ3n) is 5.27. The molecule has 4 heteroatoms. The zero-order valence-electron chi connectivity index (χ0n) is 20.4. The topological polar surface area (TPSA) is 55.8 Å². The van der Waals surface area contributed by atoms with Gasteiger partial charge in [0.25, 0.3) is 0 Å². The number of benzene rings is 1. The van der Waals surface area contributed by atoms with Gasteiger partial charge in [0.1, 0.15) is 12.4 Å². The Hall–Kier alpha value is -1.55. The van der Waals surface area contributed by atoms with Crippen LogP contribution in [-0.2, 0) is 31.5 Å². The molecule has 1 aromatic rings. The van der Waals surface area contributed by atoms with Crippen LogP contribution in [0.2, 0.25) is 0 Å². The minimum atomic E-state index is -0.261. The molecule has 0 amide bonds. The fourth-order valence-electron chi connectivity index (χ4n) is 3.46. The molecule has 1 rings (SSSR count). The fourth-order valence-corrected chi connectivity index (χ4v) is 3.46. The third kappa shape index (κ3) is 9.51. The van der Waals surface area contributed by atoms with Crippen LogP contribution in [0.15, 0.2) is 12.1 Å². The van der Waals surface area contributed by atoms with Crippen molar-refractivity contribution in [3.8, 4) is 5.75 Å². The van der Waals surface area contributed by atoms with E-state index in [2.05, 4.69) is 48.5 Å². The first-order chi connectivity index (χ1) is 14.0. The van der Waals surface area contributed by atoms with Gasteiger partial charge < -0.3 is 14.6 Å². The summed E-state index contributed by atoms with van der Waals surface area (Å²) in [7, 11) is 0. The van der Waals surface area contributed by atoms with Crippen LogP contribution in [0.3, 0.4) is 0 Å². The summed E-state index contributed by atoms with van der Waals surface area (Å²) in [5.41, 5.74) is 2.17. The molecular weight excluding hydrogens is 376 g/mol. The molecule has 4 nitrogen and oxygen atoms in total. The predicted octanol–water partition coefficient (Wildman–Crippen LogP) is 6.45. The molecule has 30 heavy (non-hydrogen) atoms. The van der Waals surface area contributed by atoms with Crippen LogP contribution in [-0.4, -0.2) is 30.9 Å². The molecule has 0 radical (unpaired) electrons. The first-order valence-corrected chi connectivity index (χ1v) is 11.6. The lowest BCUT2D eigenvalue weighted by atomic mass is 9.78. The van der Waals surface area contributed by atoms with Crippen molar-refractivity contribution >= 4 is 5.97 Å². The Morgan fingerprint density at radius 1 is 0.833 bits per heavy atom. The van der Waals surface area contributed by atoms with Crippen LogP contribution < -0.4 is 0 Å². The molecule has 0 fully saturated rings. The van der Waals surface area contributed by atoms with E-state index < -0.39 is 0 Å². The van der Waals surface area contributed by atoms with Crippen molar-refractivity contribution < 1.29 is 19.4 Å². The molecule has 0 aromatic heterocycles. The Balaban J connectivity index is 2.52. The number of hydrogen-bond acceptors (Lipinski definition) is 4. The van der Waals surface area contributed by atoms with Crippen LogP contribution in [0.5, 0.6) is 5.75 Å². The lowest BCUT2D eigenvalue weighted by molar-refractivity contribution is -0.144. The third-order valence-corrected chi connectivity index (χ3v) is 5.27. The van der Waals surface area contributed by atoms with E-state index in [1.165, 1.54) is 32.1 Å². The number of carbonyl (C=O) groups excluding carboxylic acids is 1. The highest BCUT2D eigenvalue weighted by Gasteiger charge is 2.27. The number of carbonyl (C=O) groups is 1. The number of esters is 1. The minimum Gasteiger partial charge on any atom is -0.507 e. The Kier molecular flexibility index (Phi) is 10.9. The first-order valence-electron chi connectivity index (χ1n) is 11.6. The molecule has 0 aliphatic carbocycles. The zero-order valence-corrected chi connectivity index (χ0v) is 20.4. The number of unbranched alkanes of at least 4 members (excludes halogenated alkanes) is 5. The summed E-state index contributed by atoms with van der Waals surface area (Å²) >= 11 is 0. The van der Waals surface area contributed by atoms with Crippen molar-refractivity contribution in [1.29, 1.82) is 0 Å². The summed E-state index contributed by atoms with van der Waals surface area (Å²) in [5, 5.41) is 10.8. The van der Waals surface area contributed by atoms with Gasteiger partial charge >= 0.3 is 5.97 Å². The van der Waals surface area contributed by atoms with E-state index in [0.717, 1.165) is 29.7 Å². The fraction of sp³-hybridized carbons (Fsp3) is 0.731. The number of rotatable bonds is 12. The van der Waals surface area contributed by atoms with Gasteiger partial charge in [-0.15, -0.1) is 0 Å². The van der Waals surface area contributed by atoms with Gasteiger partial charge in [-0.25, -0.2) is 0 Å². The molecule has 0 atom stereocenters. The van der Waals surface area contributed by atoms with Gasteiger partial charge in [-0.05, 0) is 33.9 Å². The SMILES string of the molecule is CCCCCCCCOCCOC(=O)Cc1cc(C(C)(C)C)c(O)c(C(C)(C)C)c1. The maximum Gasteiger partial charge on any atom is 0.310 e. The van der Waals surface area contributed by atoms with E-state index in [1.54, 1.807) is 0 Å². The van der Waals surface area contributed by atoms with Gasteiger partial charge in [-0.3, -0.25) is 4.79 Å². The van der Waals surface area contributed by atoms with E-state index in [0.29, 0.717) is 12.4 Å². The van der Waals surface area contributed by atoms with Gasteiger partial charge in [-0.1, -0.05) is 92.7 Å². The number of hydrogen-bond donors (Lipinski definition) is 1. The molecule has 0 aliphatic heterocycles. The van der Waals surface area contributed by atoms with Crippen molar-refractivity contribution in [3.05, 3.63) is 28.8 Å². The first kappa shape index (κ1) is 26.5. The van der Waals surface area contributed by atoms with Gasteiger partial charge in [-0.2, -0.15) is 0 Å². The van der Waals surface area contributed by atoms with Crippen molar-refractivity contribution in [2.45, 2.75) is 104 Å². The summed E-state index contributed by atoms with van der Waals surface area (Å²) < 4.78 is 10.9. The molecule has 1 N–H and O–H groups in total. The number of ether oxygens (including phenoxy) is 2. The van der Waals surface area contributed by atoms with Crippen molar-refractivity contribution in [2.24, 2.45) is 0 Å². The molecule has 0 heterocycles. The van der Waals surface area contributed by atoms with Crippen LogP contribution in [0.4, 0.5) is 0 Å². The molecule has 0 spiro atoms. The molecule has 0 unspecified atom stereocenters. The summed E-state index contributed by atoms with van der Waals surface area (Å²) in [6.07, 6.45) is 7.62. The second-order valence-electron chi connectivity index (χ2n) is 10.3. The van der Waals surface area contributed by atoms with E-state index in [9.17, 15) is 9.90 Å². The van der Waals surface area contributed by atoms with Crippen molar-refractivity contribution in [2.75, 3.05) is 19.8 Å².